The van der Waals surface area contributed by atoms with Crippen LogP contribution in [-0.4, -0.2) is 70.6 Å². The van der Waals surface area contributed by atoms with Crippen molar-refractivity contribution in [3.63, 3.8) is 0 Å². The first-order valence-corrected chi connectivity index (χ1v) is 12.2. The molecule has 0 bridgehead atoms. The van der Waals surface area contributed by atoms with Crippen LogP contribution in [0.5, 0.6) is 0 Å². The summed E-state index contributed by atoms with van der Waals surface area (Å²) in [7, 11) is 6.12. The van der Waals surface area contributed by atoms with Crippen molar-refractivity contribution < 1.29 is 9.53 Å². The van der Waals surface area contributed by atoms with Crippen molar-refractivity contribution in [2.24, 2.45) is 0 Å². The standard InChI is InChI=1S/C27H34N8O2/c1-17(2)37-26(36)19-15-30-27(32-25(19)23-16-29-24-9-7-8-10-35(23)24)31-21-14-20(28)22(13-18(21)3)34(6)12-11-33(4)5/h7-10,13-17H,11-12,28H2,1-6H3,(H,30,31,32). The third-order valence-electron chi connectivity index (χ3n) is 5.93. The summed E-state index contributed by atoms with van der Waals surface area (Å²) >= 11 is 0. The first-order chi connectivity index (χ1) is 17.6. The second-order valence-corrected chi connectivity index (χ2v) is 9.56. The number of fused-ring (bicyclic) bond motifs is 1. The number of carbonyl (C=O) groups is 1. The molecule has 3 heterocycles. The molecule has 0 aliphatic carbocycles. The van der Waals surface area contributed by atoms with Crippen molar-refractivity contribution in [1.82, 2.24) is 24.3 Å². The van der Waals surface area contributed by atoms with Crippen LogP contribution in [0.1, 0.15) is 29.8 Å². The van der Waals surface area contributed by atoms with Crippen LogP contribution in [-0.2, 0) is 4.74 Å². The lowest BCUT2D eigenvalue weighted by atomic mass is 10.1. The molecular formula is C27H34N8O2. The van der Waals surface area contributed by atoms with Crippen molar-refractivity contribution in [2.75, 3.05) is 50.2 Å². The second-order valence-electron chi connectivity index (χ2n) is 9.56. The van der Waals surface area contributed by atoms with Gasteiger partial charge in [-0.3, -0.25) is 4.40 Å². The number of pyridine rings is 1. The lowest BCUT2D eigenvalue weighted by molar-refractivity contribution is 0.0378. The molecule has 0 aliphatic rings. The minimum atomic E-state index is -0.493. The Labute approximate surface area is 217 Å². The number of nitrogens with zero attached hydrogens (tertiary/aromatic N) is 6. The molecule has 3 N–H and O–H groups in total. The zero-order valence-electron chi connectivity index (χ0n) is 22.2. The van der Waals surface area contributed by atoms with Gasteiger partial charge in [-0.1, -0.05) is 6.07 Å². The number of ether oxygens (including phenoxy) is 1. The Morgan fingerprint density at radius 2 is 1.92 bits per heavy atom. The first-order valence-electron chi connectivity index (χ1n) is 12.2. The minimum Gasteiger partial charge on any atom is -0.459 e. The second kappa shape index (κ2) is 10.8. The van der Waals surface area contributed by atoms with E-state index in [1.807, 2.05) is 69.0 Å². The van der Waals surface area contributed by atoms with Gasteiger partial charge in [-0.2, -0.15) is 0 Å². The summed E-state index contributed by atoms with van der Waals surface area (Å²) in [5, 5.41) is 3.28. The Kier molecular flexibility index (Phi) is 7.58. The van der Waals surface area contributed by atoms with Gasteiger partial charge in [-0.25, -0.2) is 19.7 Å². The fourth-order valence-electron chi connectivity index (χ4n) is 3.94. The number of esters is 1. The van der Waals surface area contributed by atoms with Crippen LogP contribution < -0.4 is 16.0 Å². The molecule has 1 aromatic carbocycles. The van der Waals surface area contributed by atoms with Gasteiger partial charge in [-0.05, 0) is 64.7 Å². The Balaban J connectivity index is 1.70. The molecule has 10 nitrogen and oxygen atoms in total. The van der Waals surface area contributed by atoms with Crippen molar-refractivity contribution in [3.8, 4) is 11.4 Å². The lowest BCUT2D eigenvalue weighted by Gasteiger charge is -2.24. The van der Waals surface area contributed by atoms with E-state index in [-0.39, 0.29) is 11.7 Å². The molecule has 0 saturated carbocycles. The quantitative estimate of drug-likeness (QED) is 0.259. The molecule has 0 fully saturated rings. The molecule has 0 unspecified atom stereocenters. The Bertz CT molecular complexity index is 1410. The van der Waals surface area contributed by atoms with Gasteiger partial charge in [0.2, 0.25) is 5.95 Å². The van der Waals surface area contributed by atoms with Gasteiger partial charge < -0.3 is 25.6 Å². The maximum Gasteiger partial charge on any atom is 0.342 e. The number of aromatic nitrogens is 4. The largest absolute Gasteiger partial charge is 0.459 e. The van der Waals surface area contributed by atoms with E-state index in [2.05, 4.69) is 25.1 Å². The van der Waals surface area contributed by atoms with Gasteiger partial charge in [0.1, 0.15) is 16.9 Å². The van der Waals surface area contributed by atoms with Crippen molar-refractivity contribution in [2.45, 2.75) is 26.9 Å². The van der Waals surface area contributed by atoms with E-state index in [4.69, 9.17) is 15.5 Å². The summed E-state index contributed by atoms with van der Waals surface area (Å²) in [5.74, 6) is -0.161. The van der Waals surface area contributed by atoms with Gasteiger partial charge in [0.15, 0.2) is 0 Å². The number of rotatable bonds is 9. The van der Waals surface area contributed by atoms with E-state index in [0.29, 0.717) is 23.0 Å². The summed E-state index contributed by atoms with van der Waals surface area (Å²) in [4.78, 5) is 30.8. The van der Waals surface area contributed by atoms with E-state index in [1.165, 1.54) is 6.20 Å². The third-order valence-corrected chi connectivity index (χ3v) is 5.93. The maximum atomic E-state index is 12.9. The molecule has 0 radical (unpaired) electrons. The normalized spacial score (nSPS) is 11.4. The highest BCUT2D eigenvalue weighted by Gasteiger charge is 2.22. The van der Waals surface area contributed by atoms with Crippen LogP contribution in [0.15, 0.2) is 48.9 Å². The molecular weight excluding hydrogens is 468 g/mol. The molecule has 4 aromatic rings. The van der Waals surface area contributed by atoms with Crippen LogP contribution in [0.3, 0.4) is 0 Å². The Hall–Kier alpha value is -4.18. The predicted molar refractivity (Wildman–Crippen MR) is 147 cm³/mol. The van der Waals surface area contributed by atoms with Crippen LogP contribution in [0.4, 0.5) is 23.0 Å². The van der Waals surface area contributed by atoms with Crippen LogP contribution >= 0.6 is 0 Å². The minimum absolute atomic E-state index is 0.263. The van der Waals surface area contributed by atoms with Crippen molar-refractivity contribution in [1.29, 1.82) is 0 Å². The number of likely N-dealkylation sites (N-methyl/N-ethyl adjacent to an activating group) is 2. The van der Waals surface area contributed by atoms with Crippen LogP contribution in [0.25, 0.3) is 17.0 Å². The molecule has 0 atom stereocenters. The fourth-order valence-corrected chi connectivity index (χ4v) is 3.94. The summed E-state index contributed by atoms with van der Waals surface area (Å²) in [6.45, 7) is 7.38. The molecule has 10 heteroatoms. The number of benzene rings is 1. The summed E-state index contributed by atoms with van der Waals surface area (Å²) in [6, 6.07) is 9.62. The number of carbonyl (C=O) groups excluding carboxylic acids is 1. The highest BCUT2D eigenvalue weighted by molar-refractivity contribution is 5.96. The summed E-state index contributed by atoms with van der Waals surface area (Å²) in [5.41, 5.74) is 11.9. The Morgan fingerprint density at radius 3 is 2.65 bits per heavy atom. The lowest BCUT2D eigenvalue weighted by Crippen LogP contribution is -2.29. The monoisotopic (exact) mass is 502 g/mol. The average molecular weight is 503 g/mol. The van der Waals surface area contributed by atoms with E-state index in [0.717, 1.165) is 35.7 Å². The SMILES string of the molecule is Cc1cc(N(C)CCN(C)C)c(N)cc1Nc1ncc(C(=O)OC(C)C)c(-c2cnc3ccccn23)n1. The van der Waals surface area contributed by atoms with Gasteiger partial charge in [0.25, 0.3) is 0 Å². The molecule has 194 valence electrons. The highest BCUT2D eigenvalue weighted by Crippen LogP contribution is 2.31. The first kappa shape index (κ1) is 25.9. The summed E-state index contributed by atoms with van der Waals surface area (Å²) in [6.07, 6.45) is 4.77. The molecule has 4 rings (SSSR count). The van der Waals surface area contributed by atoms with Crippen LogP contribution in [0, 0.1) is 6.92 Å². The summed E-state index contributed by atoms with van der Waals surface area (Å²) < 4.78 is 7.33. The fraction of sp³-hybridized carbons (Fsp3) is 0.333. The topological polar surface area (TPSA) is 114 Å². The van der Waals surface area contributed by atoms with E-state index >= 15 is 0 Å². The van der Waals surface area contributed by atoms with Gasteiger partial charge in [-0.15, -0.1) is 0 Å². The van der Waals surface area contributed by atoms with Gasteiger partial charge in [0, 0.05) is 38.2 Å². The number of nitrogens with one attached hydrogen (secondary N) is 1. The molecule has 37 heavy (non-hydrogen) atoms. The van der Waals surface area contributed by atoms with Crippen LogP contribution in [0.2, 0.25) is 0 Å². The number of nitrogens with two attached hydrogens (primary N) is 1. The Morgan fingerprint density at radius 1 is 1.14 bits per heavy atom. The van der Waals surface area contributed by atoms with Gasteiger partial charge in [0.05, 0.1) is 29.4 Å². The zero-order valence-corrected chi connectivity index (χ0v) is 22.2. The third kappa shape index (κ3) is 5.80. The number of hydrogen-bond acceptors (Lipinski definition) is 9. The average Bonchev–Trinajstić information content (AvgIpc) is 3.28. The van der Waals surface area contributed by atoms with Crippen molar-refractivity contribution in [3.05, 3.63) is 60.0 Å². The number of hydrogen-bond donors (Lipinski definition) is 2. The number of nitrogen functional groups attached to an aromatic ring is 1. The van der Waals surface area contributed by atoms with Gasteiger partial charge >= 0.3 is 5.97 Å². The van der Waals surface area contributed by atoms with E-state index < -0.39 is 5.97 Å². The number of anilines is 4. The number of imidazole rings is 1. The smallest absolute Gasteiger partial charge is 0.342 e. The molecule has 3 aromatic heterocycles. The predicted octanol–water partition coefficient (Wildman–Crippen LogP) is 3.99. The number of aryl methyl sites for hydroxylation is 1. The van der Waals surface area contributed by atoms with Crippen molar-refractivity contribution >= 4 is 34.6 Å². The molecule has 0 amide bonds. The molecule has 0 saturated heterocycles. The molecule has 0 spiro atoms. The molecule has 0 aliphatic heterocycles. The van der Waals surface area contributed by atoms with E-state index in [9.17, 15) is 4.79 Å². The maximum absolute atomic E-state index is 12.9. The highest BCUT2D eigenvalue weighted by atomic mass is 16.5. The van der Waals surface area contributed by atoms with E-state index in [1.54, 1.807) is 20.0 Å². The zero-order chi connectivity index (χ0) is 26.7.